The number of halogens is 3. The lowest BCUT2D eigenvalue weighted by Crippen LogP contribution is -2.13. The maximum atomic E-state index is 13.1. The third-order valence-corrected chi connectivity index (χ3v) is 6.50. The first-order chi connectivity index (χ1) is 13.9. The number of aromatic amines is 1. The number of nitrogens with zero attached hydrogens (tertiary/aromatic N) is 2. The van der Waals surface area contributed by atoms with Crippen molar-refractivity contribution in [2.24, 2.45) is 5.41 Å². The largest absolute Gasteiger partial charge is 0.348 e. The molecule has 2 atom stereocenters. The fourth-order valence-electron chi connectivity index (χ4n) is 4.41. The van der Waals surface area contributed by atoms with E-state index in [1.807, 2.05) is 0 Å². The Balaban J connectivity index is 0.00000171. The average Bonchev–Trinajstić information content (AvgIpc) is 3.38. The molecule has 6 heteroatoms. The minimum atomic E-state index is -0.306. The summed E-state index contributed by atoms with van der Waals surface area (Å²) in [5.41, 5.74) is 4.63. The van der Waals surface area contributed by atoms with Crippen LogP contribution < -0.4 is 0 Å². The van der Waals surface area contributed by atoms with Crippen molar-refractivity contribution < 1.29 is 4.39 Å². The molecule has 1 aromatic carbocycles. The van der Waals surface area contributed by atoms with Gasteiger partial charge < -0.3 is 4.98 Å². The molecule has 4 rings (SSSR count). The van der Waals surface area contributed by atoms with Crippen LogP contribution in [0.2, 0.25) is 0 Å². The summed E-state index contributed by atoms with van der Waals surface area (Å²) in [5, 5.41) is 0. The topological polar surface area (TPSA) is 41.6 Å². The van der Waals surface area contributed by atoms with Gasteiger partial charge in [0.2, 0.25) is 0 Å². The van der Waals surface area contributed by atoms with Crippen LogP contribution in [0.15, 0.2) is 48.8 Å². The number of nitrogens with one attached hydrogen (secondary N) is 1. The predicted octanol–water partition coefficient (Wildman–Crippen LogP) is 7.48. The van der Waals surface area contributed by atoms with Gasteiger partial charge in [-0.2, -0.15) is 0 Å². The quantitative estimate of drug-likeness (QED) is 0.411. The first-order valence-electron chi connectivity index (χ1n) is 10.7. The molecule has 1 aliphatic rings. The highest BCUT2D eigenvalue weighted by Crippen LogP contribution is 2.45. The van der Waals surface area contributed by atoms with Crippen LogP contribution in [0, 0.1) is 11.2 Å². The second kappa shape index (κ2) is 10.6. The molecule has 0 bridgehead atoms. The number of pyridine rings is 1. The minimum Gasteiger partial charge on any atom is -0.348 e. The number of hydrogen-bond acceptors (Lipinski definition) is 2. The van der Waals surface area contributed by atoms with E-state index in [2.05, 4.69) is 61.2 Å². The molecule has 1 saturated carbocycles. The Kier molecular flexibility index (Phi) is 8.67. The van der Waals surface area contributed by atoms with E-state index < -0.39 is 0 Å². The van der Waals surface area contributed by atoms with E-state index in [0.717, 1.165) is 29.9 Å². The van der Waals surface area contributed by atoms with E-state index in [-0.39, 0.29) is 36.0 Å². The van der Waals surface area contributed by atoms with Crippen LogP contribution in [0.5, 0.6) is 0 Å². The van der Waals surface area contributed by atoms with Crippen molar-refractivity contribution >= 4 is 24.8 Å². The SMILES string of the molecule is CCC(C)(C)Cc1c[nH]c([C@H]2CCC[C@H]2c2ccc(-c3ccc(F)cn3)cc2)n1.Cl.Cl. The monoisotopic (exact) mass is 463 g/mol. The molecule has 0 unspecified atom stereocenters. The number of imidazole rings is 1. The van der Waals surface area contributed by atoms with E-state index in [0.29, 0.717) is 11.8 Å². The van der Waals surface area contributed by atoms with Gasteiger partial charge in [-0.3, -0.25) is 4.98 Å². The van der Waals surface area contributed by atoms with Crippen LogP contribution in [0.25, 0.3) is 11.3 Å². The molecule has 1 N–H and O–H groups in total. The average molecular weight is 464 g/mol. The summed E-state index contributed by atoms with van der Waals surface area (Å²) in [5.74, 6) is 1.77. The van der Waals surface area contributed by atoms with Crippen LogP contribution in [0.4, 0.5) is 4.39 Å². The van der Waals surface area contributed by atoms with Gasteiger partial charge in [0, 0.05) is 17.7 Å². The smallest absolute Gasteiger partial charge is 0.141 e. The molecule has 2 aromatic heterocycles. The van der Waals surface area contributed by atoms with E-state index in [4.69, 9.17) is 4.98 Å². The van der Waals surface area contributed by atoms with E-state index in [9.17, 15) is 4.39 Å². The Morgan fingerprint density at radius 3 is 2.39 bits per heavy atom. The fourth-order valence-corrected chi connectivity index (χ4v) is 4.41. The summed E-state index contributed by atoms with van der Waals surface area (Å²) in [7, 11) is 0. The number of rotatable bonds is 6. The first-order valence-corrected chi connectivity index (χ1v) is 10.7. The molecule has 3 aromatic rings. The second-order valence-corrected chi connectivity index (χ2v) is 9.10. The minimum absolute atomic E-state index is 0. The van der Waals surface area contributed by atoms with Gasteiger partial charge in [0.05, 0.1) is 17.6 Å². The van der Waals surface area contributed by atoms with E-state index in [1.165, 1.54) is 42.8 Å². The van der Waals surface area contributed by atoms with Crippen molar-refractivity contribution in [3.8, 4) is 11.3 Å². The van der Waals surface area contributed by atoms with Crippen molar-refractivity contribution in [2.45, 2.75) is 64.7 Å². The molecule has 3 nitrogen and oxygen atoms in total. The molecule has 0 amide bonds. The van der Waals surface area contributed by atoms with Gasteiger partial charge in [0.25, 0.3) is 0 Å². The Morgan fingerprint density at radius 2 is 1.74 bits per heavy atom. The maximum absolute atomic E-state index is 13.1. The van der Waals surface area contributed by atoms with Gasteiger partial charge in [-0.1, -0.05) is 57.9 Å². The van der Waals surface area contributed by atoms with Gasteiger partial charge >= 0.3 is 0 Å². The molecule has 0 aliphatic heterocycles. The normalized spacial score (nSPS) is 18.3. The third kappa shape index (κ3) is 5.87. The predicted molar refractivity (Wildman–Crippen MR) is 130 cm³/mol. The molecule has 0 spiro atoms. The highest BCUT2D eigenvalue weighted by molar-refractivity contribution is 5.85. The lowest BCUT2D eigenvalue weighted by atomic mass is 9.85. The van der Waals surface area contributed by atoms with Crippen molar-refractivity contribution in [1.29, 1.82) is 0 Å². The number of aromatic nitrogens is 3. The summed E-state index contributed by atoms with van der Waals surface area (Å²) in [6.45, 7) is 6.85. The molecule has 2 heterocycles. The van der Waals surface area contributed by atoms with Crippen LogP contribution in [-0.2, 0) is 6.42 Å². The second-order valence-electron chi connectivity index (χ2n) is 9.10. The molecule has 0 saturated heterocycles. The zero-order valence-electron chi connectivity index (χ0n) is 18.4. The van der Waals surface area contributed by atoms with Crippen molar-refractivity contribution in [3.05, 3.63) is 71.7 Å². The highest BCUT2D eigenvalue weighted by Gasteiger charge is 2.32. The highest BCUT2D eigenvalue weighted by atomic mass is 35.5. The van der Waals surface area contributed by atoms with Gasteiger partial charge in [-0.15, -0.1) is 24.8 Å². The molecule has 1 fully saturated rings. The van der Waals surface area contributed by atoms with E-state index >= 15 is 0 Å². The molecule has 31 heavy (non-hydrogen) atoms. The Hall–Kier alpha value is -1.91. The van der Waals surface area contributed by atoms with Gasteiger partial charge in [-0.25, -0.2) is 9.37 Å². The molecule has 0 radical (unpaired) electrons. The van der Waals surface area contributed by atoms with Crippen LogP contribution >= 0.6 is 24.8 Å². The van der Waals surface area contributed by atoms with Crippen LogP contribution in [-0.4, -0.2) is 15.0 Å². The molecular formula is C25H32Cl2FN3. The van der Waals surface area contributed by atoms with Crippen molar-refractivity contribution in [2.75, 3.05) is 0 Å². The summed E-state index contributed by atoms with van der Waals surface area (Å²) >= 11 is 0. The lowest BCUT2D eigenvalue weighted by molar-refractivity contribution is 0.345. The maximum Gasteiger partial charge on any atom is 0.141 e. The zero-order chi connectivity index (χ0) is 20.4. The van der Waals surface area contributed by atoms with Crippen molar-refractivity contribution in [3.63, 3.8) is 0 Å². The molecular weight excluding hydrogens is 432 g/mol. The summed E-state index contributed by atoms with van der Waals surface area (Å²) in [6, 6.07) is 11.8. The Labute approximate surface area is 197 Å². The van der Waals surface area contributed by atoms with Gasteiger partial charge in [0.1, 0.15) is 11.6 Å². The zero-order valence-corrected chi connectivity index (χ0v) is 20.0. The van der Waals surface area contributed by atoms with Crippen LogP contribution in [0.1, 0.15) is 75.4 Å². The Bertz CT molecular complexity index is 952. The number of H-pyrrole nitrogens is 1. The van der Waals surface area contributed by atoms with Gasteiger partial charge in [0.15, 0.2) is 0 Å². The number of benzene rings is 1. The standard InChI is InChI=1S/C25H30FN3.2ClH/c1-4-25(2,3)14-20-16-28-24(29-20)22-7-5-6-21(22)17-8-10-18(11-9-17)23-13-12-19(26)15-27-23;;/h8-13,15-16,21-22H,4-7,14H2,1-3H3,(H,28,29);2*1H/t21-,22-;;/m0../s1. The Morgan fingerprint density at radius 1 is 1.03 bits per heavy atom. The van der Waals surface area contributed by atoms with E-state index in [1.54, 1.807) is 6.07 Å². The lowest BCUT2D eigenvalue weighted by Gasteiger charge is -2.21. The summed E-state index contributed by atoms with van der Waals surface area (Å²) in [4.78, 5) is 12.6. The first kappa shape index (κ1) is 25.4. The third-order valence-electron chi connectivity index (χ3n) is 6.50. The number of hydrogen-bond donors (Lipinski definition) is 1. The van der Waals surface area contributed by atoms with Gasteiger partial charge in [-0.05, 0) is 48.3 Å². The van der Waals surface area contributed by atoms with Crippen molar-refractivity contribution in [1.82, 2.24) is 15.0 Å². The summed E-state index contributed by atoms with van der Waals surface area (Å²) < 4.78 is 13.1. The summed E-state index contributed by atoms with van der Waals surface area (Å²) in [6.07, 6.45) is 9.13. The fraction of sp³-hybridized carbons (Fsp3) is 0.440. The van der Waals surface area contributed by atoms with Crippen LogP contribution in [0.3, 0.4) is 0 Å². The molecule has 1 aliphatic carbocycles. The molecule has 168 valence electrons.